The Labute approximate surface area is 179 Å². The summed E-state index contributed by atoms with van der Waals surface area (Å²) in [6, 6.07) is 17.6. The van der Waals surface area contributed by atoms with Crippen molar-refractivity contribution in [1.29, 1.82) is 0 Å². The van der Waals surface area contributed by atoms with E-state index in [4.69, 9.17) is 0 Å². The first-order valence-corrected chi connectivity index (χ1v) is 10.9. The Bertz CT molecular complexity index is 847. The summed E-state index contributed by atoms with van der Waals surface area (Å²) in [5.74, 6) is 0.191. The Morgan fingerprint density at radius 3 is 2.30 bits per heavy atom. The number of amides is 2. The lowest BCUT2D eigenvalue weighted by molar-refractivity contribution is -1.01. The van der Waals surface area contributed by atoms with Crippen LogP contribution < -0.4 is 20.0 Å². The van der Waals surface area contributed by atoms with Crippen LogP contribution in [-0.4, -0.2) is 57.6 Å². The van der Waals surface area contributed by atoms with Crippen LogP contribution in [0.2, 0.25) is 0 Å². The summed E-state index contributed by atoms with van der Waals surface area (Å²) in [6.45, 7) is 8.15. The Morgan fingerprint density at radius 2 is 1.63 bits per heavy atom. The number of carbonyl (C=O) groups excluding carboxylic acids is 2. The van der Waals surface area contributed by atoms with Gasteiger partial charge in [-0.05, 0) is 37.1 Å². The number of quaternary nitrogens is 2. The molecule has 1 atom stereocenters. The Kier molecular flexibility index (Phi) is 7.60. The number of benzene rings is 2. The lowest BCUT2D eigenvalue weighted by Crippen LogP contribution is -3.30. The molecule has 0 bridgehead atoms. The van der Waals surface area contributed by atoms with Crippen molar-refractivity contribution in [1.82, 2.24) is 0 Å². The third-order valence-electron chi connectivity index (χ3n) is 6.14. The molecule has 1 aliphatic rings. The van der Waals surface area contributed by atoms with Crippen molar-refractivity contribution in [2.24, 2.45) is 0 Å². The van der Waals surface area contributed by atoms with Gasteiger partial charge >= 0.3 is 0 Å². The molecule has 0 unspecified atom stereocenters. The maximum absolute atomic E-state index is 12.9. The molecule has 1 heterocycles. The molecule has 30 heavy (non-hydrogen) atoms. The largest absolute Gasteiger partial charge is 0.321 e. The van der Waals surface area contributed by atoms with Gasteiger partial charge in [0.1, 0.15) is 26.2 Å². The van der Waals surface area contributed by atoms with Gasteiger partial charge in [-0.15, -0.1) is 0 Å². The van der Waals surface area contributed by atoms with Crippen molar-refractivity contribution in [3.63, 3.8) is 0 Å². The molecule has 0 spiro atoms. The van der Waals surface area contributed by atoms with E-state index in [1.54, 1.807) is 4.90 Å². The Morgan fingerprint density at radius 1 is 1.00 bits per heavy atom. The van der Waals surface area contributed by atoms with E-state index >= 15 is 0 Å². The standard InChI is InChI=1S/C24H32N4O2/c1-4-20-10-8-9-13-22(20)25-23(29)18-27-14-16-28(17-15-27)19(2)24(30)26(3)21-11-6-5-7-12-21/h5-13,19H,4,14-18H2,1-3H3,(H,25,29)/p+2/t19-/m0/s1. The van der Waals surface area contributed by atoms with Crippen LogP contribution in [0.5, 0.6) is 0 Å². The van der Waals surface area contributed by atoms with Gasteiger partial charge in [0.25, 0.3) is 11.8 Å². The van der Waals surface area contributed by atoms with E-state index in [2.05, 4.69) is 18.3 Å². The van der Waals surface area contributed by atoms with Crippen LogP contribution in [0, 0.1) is 0 Å². The first-order valence-electron chi connectivity index (χ1n) is 10.9. The number of para-hydroxylation sites is 2. The fraction of sp³-hybridized carbons (Fsp3) is 0.417. The van der Waals surface area contributed by atoms with Crippen molar-refractivity contribution in [3.8, 4) is 0 Å². The molecule has 0 aliphatic carbocycles. The number of likely N-dealkylation sites (N-methyl/N-ethyl adjacent to an activating group) is 1. The minimum Gasteiger partial charge on any atom is -0.321 e. The smallest absolute Gasteiger partial charge is 0.284 e. The number of hydrogen-bond donors (Lipinski definition) is 3. The molecule has 2 aromatic carbocycles. The third kappa shape index (κ3) is 5.46. The second-order valence-electron chi connectivity index (χ2n) is 8.10. The third-order valence-corrected chi connectivity index (χ3v) is 6.14. The number of nitrogens with one attached hydrogen (secondary N) is 3. The fourth-order valence-corrected chi connectivity index (χ4v) is 4.15. The predicted octanol–water partition coefficient (Wildman–Crippen LogP) is 0.0224. The van der Waals surface area contributed by atoms with Gasteiger partial charge in [-0.3, -0.25) is 9.59 Å². The Hall–Kier alpha value is -2.70. The fourth-order valence-electron chi connectivity index (χ4n) is 4.15. The molecule has 1 saturated heterocycles. The highest BCUT2D eigenvalue weighted by atomic mass is 16.2. The van der Waals surface area contributed by atoms with Gasteiger partial charge in [-0.2, -0.15) is 0 Å². The zero-order valence-electron chi connectivity index (χ0n) is 18.3. The number of aryl methyl sites for hydroxylation is 1. The highest BCUT2D eigenvalue weighted by Gasteiger charge is 2.33. The van der Waals surface area contributed by atoms with E-state index in [9.17, 15) is 9.59 Å². The molecule has 1 aliphatic heterocycles. The molecule has 160 valence electrons. The summed E-state index contributed by atoms with van der Waals surface area (Å²) in [7, 11) is 1.84. The molecule has 6 heteroatoms. The van der Waals surface area contributed by atoms with Gasteiger partial charge < -0.3 is 20.0 Å². The lowest BCUT2D eigenvalue weighted by Gasteiger charge is -2.33. The van der Waals surface area contributed by atoms with Gasteiger partial charge in [0, 0.05) is 18.4 Å². The molecule has 0 radical (unpaired) electrons. The van der Waals surface area contributed by atoms with Gasteiger partial charge in [0.05, 0.1) is 0 Å². The van der Waals surface area contributed by atoms with Gasteiger partial charge in [-0.1, -0.05) is 43.3 Å². The molecule has 3 rings (SSSR count). The molecule has 0 saturated carbocycles. The maximum atomic E-state index is 12.9. The first kappa shape index (κ1) is 22.0. The van der Waals surface area contributed by atoms with Crippen LogP contribution in [0.25, 0.3) is 0 Å². The number of anilines is 2. The summed E-state index contributed by atoms with van der Waals surface area (Å²) in [5, 5.41) is 3.07. The minimum atomic E-state index is -0.0954. The van der Waals surface area contributed by atoms with Gasteiger partial charge in [-0.25, -0.2) is 0 Å². The van der Waals surface area contributed by atoms with Crippen molar-refractivity contribution < 1.29 is 19.4 Å². The number of piperazine rings is 1. The number of rotatable bonds is 7. The molecular formula is C24H34N4O2+2. The van der Waals surface area contributed by atoms with Crippen LogP contribution in [0.4, 0.5) is 11.4 Å². The topological polar surface area (TPSA) is 58.3 Å². The van der Waals surface area contributed by atoms with E-state index in [1.807, 2.05) is 62.5 Å². The van der Waals surface area contributed by atoms with Crippen molar-refractivity contribution in [2.75, 3.05) is 50.0 Å². The normalized spacial score (nSPS) is 19.7. The van der Waals surface area contributed by atoms with Crippen LogP contribution in [0.3, 0.4) is 0 Å². The highest BCUT2D eigenvalue weighted by Crippen LogP contribution is 2.15. The summed E-state index contributed by atoms with van der Waals surface area (Å²) in [5.41, 5.74) is 2.99. The first-order chi connectivity index (χ1) is 14.5. The average Bonchev–Trinajstić information content (AvgIpc) is 2.79. The number of hydrogen-bond acceptors (Lipinski definition) is 2. The van der Waals surface area contributed by atoms with E-state index < -0.39 is 0 Å². The summed E-state index contributed by atoms with van der Waals surface area (Å²) in [6.07, 6.45) is 0.898. The molecular weight excluding hydrogens is 376 g/mol. The average molecular weight is 411 g/mol. The van der Waals surface area contributed by atoms with Gasteiger partial charge in [0.2, 0.25) is 0 Å². The van der Waals surface area contributed by atoms with Crippen molar-refractivity contribution in [3.05, 3.63) is 60.2 Å². The van der Waals surface area contributed by atoms with Crippen molar-refractivity contribution >= 4 is 23.2 Å². The van der Waals surface area contributed by atoms with Crippen LogP contribution in [0.15, 0.2) is 54.6 Å². The molecule has 2 amide bonds. The van der Waals surface area contributed by atoms with Crippen molar-refractivity contribution in [2.45, 2.75) is 26.3 Å². The highest BCUT2D eigenvalue weighted by molar-refractivity contribution is 5.95. The van der Waals surface area contributed by atoms with Crippen LogP contribution >= 0.6 is 0 Å². The molecule has 1 fully saturated rings. The quantitative estimate of drug-likeness (QED) is 0.603. The lowest BCUT2D eigenvalue weighted by atomic mass is 10.1. The van der Waals surface area contributed by atoms with Crippen LogP contribution in [0.1, 0.15) is 19.4 Å². The predicted molar refractivity (Wildman–Crippen MR) is 120 cm³/mol. The zero-order chi connectivity index (χ0) is 21.5. The SMILES string of the molecule is CCc1ccccc1NC(=O)C[NH+]1CC[NH+]([C@@H](C)C(=O)N(C)c2ccccc2)CC1. The summed E-state index contributed by atoms with van der Waals surface area (Å²) in [4.78, 5) is 29.7. The minimum absolute atomic E-state index is 0.0577. The number of carbonyl (C=O) groups is 2. The summed E-state index contributed by atoms with van der Waals surface area (Å²) >= 11 is 0. The number of nitrogens with zero attached hydrogens (tertiary/aromatic N) is 1. The van der Waals surface area contributed by atoms with Crippen LogP contribution in [-0.2, 0) is 16.0 Å². The molecule has 3 N–H and O–H groups in total. The van der Waals surface area contributed by atoms with E-state index in [-0.39, 0.29) is 17.9 Å². The van der Waals surface area contributed by atoms with E-state index in [0.29, 0.717) is 6.54 Å². The Balaban J connectivity index is 1.48. The maximum Gasteiger partial charge on any atom is 0.284 e. The summed E-state index contributed by atoms with van der Waals surface area (Å²) < 4.78 is 0. The molecule has 0 aromatic heterocycles. The van der Waals surface area contributed by atoms with E-state index in [1.165, 1.54) is 9.80 Å². The second-order valence-corrected chi connectivity index (χ2v) is 8.10. The second kappa shape index (κ2) is 10.4. The molecule has 6 nitrogen and oxygen atoms in total. The zero-order valence-corrected chi connectivity index (χ0v) is 18.3. The monoisotopic (exact) mass is 410 g/mol. The van der Waals surface area contributed by atoms with E-state index in [0.717, 1.165) is 49.5 Å². The van der Waals surface area contributed by atoms with Gasteiger partial charge in [0.15, 0.2) is 12.6 Å². The molecule has 2 aromatic rings.